The molecule has 0 aromatic heterocycles. The molecule has 3 rings (SSSR count). The van der Waals surface area contributed by atoms with E-state index < -0.39 is 0 Å². The molecule has 1 aromatic carbocycles. The minimum absolute atomic E-state index is 0.0163. The molecule has 0 radical (unpaired) electrons. The first-order valence-corrected chi connectivity index (χ1v) is 8.15. The van der Waals surface area contributed by atoms with E-state index in [1.165, 1.54) is 5.56 Å². The van der Waals surface area contributed by atoms with Gasteiger partial charge in [0.2, 0.25) is 0 Å². The predicted molar refractivity (Wildman–Crippen MR) is 84.4 cm³/mol. The summed E-state index contributed by atoms with van der Waals surface area (Å²) in [5.74, 6) is 0.568. The fourth-order valence-corrected chi connectivity index (χ4v) is 3.98. The second kappa shape index (κ2) is 6.07. The molecule has 1 saturated heterocycles. The zero-order valence-corrected chi connectivity index (χ0v) is 13.2. The van der Waals surface area contributed by atoms with Gasteiger partial charge in [-0.05, 0) is 44.6 Å². The van der Waals surface area contributed by atoms with Crippen molar-refractivity contribution in [2.24, 2.45) is 0 Å². The van der Waals surface area contributed by atoms with Gasteiger partial charge in [-0.25, -0.2) is 0 Å². The Hall–Kier alpha value is -0.900. The van der Waals surface area contributed by atoms with Gasteiger partial charge in [-0.3, -0.25) is 4.90 Å². The van der Waals surface area contributed by atoms with Crippen molar-refractivity contribution < 1.29 is 9.84 Å². The molecule has 1 aliphatic carbocycles. The minimum Gasteiger partial charge on any atom is -0.391 e. The van der Waals surface area contributed by atoms with Gasteiger partial charge in [0.1, 0.15) is 0 Å². The van der Waals surface area contributed by atoms with Gasteiger partial charge in [-0.2, -0.15) is 0 Å². The Kier molecular flexibility index (Phi) is 4.34. The van der Waals surface area contributed by atoms with Gasteiger partial charge in [0, 0.05) is 18.1 Å². The monoisotopic (exact) mass is 289 g/mol. The molecule has 1 aliphatic heterocycles. The van der Waals surface area contributed by atoms with Crippen LogP contribution in [0.15, 0.2) is 30.3 Å². The van der Waals surface area contributed by atoms with Gasteiger partial charge in [0.25, 0.3) is 0 Å². The largest absolute Gasteiger partial charge is 0.391 e. The Balaban J connectivity index is 1.77. The Morgan fingerprint density at radius 1 is 1.19 bits per heavy atom. The van der Waals surface area contributed by atoms with Crippen LogP contribution in [0.4, 0.5) is 0 Å². The highest BCUT2D eigenvalue weighted by atomic mass is 16.5. The van der Waals surface area contributed by atoms with Gasteiger partial charge in [0.05, 0.1) is 19.3 Å². The summed E-state index contributed by atoms with van der Waals surface area (Å²) in [6.45, 7) is 6.92. The van der Waals surface area contributed by atoms with Crippen LogP contribution < -0.4 is 0 Å². The molecule has 3 nitrogen and oxygen atoms in total. The average Bonchev–Trinajstić information content (AvgIpc) is 2.49. The van der Waals surface area contributed by atoms with E-state index >= 15 is 0 Å². The fraction of sp³-hybridized carbons (Fsp3) is 0.667. The first-order chi connectivity index (χ1) is 10.1. The smallest absolute Gasteiger partial charge is 0.0696 e. The maximum atomic E-state index is 10.5. The molecule has 3 heteroatoms. The Morgan fingerprint density at radius 3 is 2.67 bits per heavy atom. The van der Waals surface area contributed by atoms with E-state index in [2.05, 4.69) is 49.1 Å². The van der Waals surface area contributed by atoms with E-state index in [-0.39, 0.29) is 17.7 Å². The van der Waals surface area contributed by atoms with E-state index in [4.69, 9.17) is 4.74 Å². The second-order valence-electron chi connectivity index (χ2n) is 7.11. The zero-order valence-electron chi connectivity index (χ0n) is 13.2. The topological polar surface area (TPSA) is 32.7 Å². The van der Waals surface area contributed by atoms with Crippen molar-refractivity contribution in [3.05, 3.63) is 35.9 Å². The van der Waals surface area contributed by atoms with Crippen molar-refractivity contribution in [1.82, 2.24) is 4.90 Å². The molecule has 3 atom stereocenters. The van der Waals surface area contributed by atoms with Crippen LogP contribution in [0.5, 0.6) is 0 Å². The molecule has 21 heavy (non-hydrogen) atoms. The zero-order chi connectivity index (χ0) is 14.9. The number of benzene rings is 1. The molecule has 1 heterocycles. The fourth-order valence-electron chi connectivity index (χ4n) is 3.98. The molecule has 3 unspecified atom stereocenters. The summed E-state index contributed by atoms with van der Waals surface area (Å²) >= 11 is 0. The lowest BCUT2D eigenvalue weighted by atomic mass is 9.78. The number of nitrogens with zero attached hydrogens (tertiary/aromatic N) is 1. The molecule has 0 amide bonds. The quantitative estimate of drug-likeness (QED) is 0.909. The van der Waals surface area contributed by atoms with Crippen LogP contribution in [0.3, 0.4) is 0 Å². The van der Waals surface area contributed by atoms with Gasteiger partial charge in [-0.15, -0.1) is 0 Å². The van der Waals surface area contributed by atoms with E-state index in [9.17, 15) is 5.11 Å². The van der Waals surface area contributed by atoms with E-state index in [0.29, 0.717) is 5.92 Å². The van der Waals surface area contributed by atoms with Crippen molar-refractivity contribution in [3.8, 4) is 0 Å². The van der Waals surface area contributed by atoms with E-state index in [1.54, 1.807) is 0 Å². The van der Waals surface area contributed by atoms with Gasteiger partial charge in [0.15, 0.2) is 0 Å². The van der Waals surface area contributed by atoms with Crippen LogP contribution >= 0.6 is 0 Å². The normalized spacial score (nSPS) is 33.8. The number of hydrogen-bond acceptors (Lipinski definition) is 3. The minimum atomic E-state index is -0.206. The van der Waals surface area contributed by atoms with Crippen molar-refractivity contribution in [1.29, 1.82) is 0 Å². The summed E-state index contributed by atoms with van der Waals surface area (Å²) in [5.41, 5.74) is 1.43. The Bertz CT molecular complexity index is 460. The summed E-state index contributed by atoms with van der Waals surface area (Å²) in [6.07, 6.45) is 2.83. The van der Waals surface area contributed by atoms with Gasteiger partial charge in [-0.1, -0.05) is 30.3 Å². The van der Waals surface area contributed by atoms with Crippen LogP contribution in [0.2, 0.25) is 0 Å². The molecule has 0 spiro atoms. The second-order valence-corrected chi connectivity index (χ2v) is 7.11. The van der Waals surface area contributed by atoms with Crippen LogP contribution in [0.25, 0.3) is 0 Å². The summed E-state index contributed by atoms with van der Waals surface area (Å²) in [4.78, 5) is 2.48. The van der Waals surface area contributed by atoms with Gasteiger partial charge >= 0.3 is 0 Å². The summed E-state index contributed by atoms with van der Waals surface area (Å²) in [7, 11) is 0. The Labute approximate surface area is 127 Å². The van der Waals surface area contributed by atoms with Gasteiger partial charge < -0.3 is 9.84 Å². The highest BCUT2D eigenvalue weighted by Gasteiger charge is 2.41. The molecule has 1 saturated carbocycles. The number of aliphatic hydroxyl groups is 1. The molecular weight excluding hydrogens is 262 g/mol. The van der Waals surface area contributed by atoms with E-state index in [1.807, 2.05) is 0 Å². The van der Waals surface area contributed by atoms with Crippen molar-refractivity contribution in [2.75, 3.05) is 19.8 Å². The standard InChI is InChI=1S/C18H27NO2/c1-18(2)13-21-11-10-19(18)16-12-15(8-9-17(16)20)14-6-4-3-5-7-14/h3-7,15-17,20H,8-13H2,1-2H3. The molecule has 1 N–H and O–H groups in total. The maximum absolute atomic E-state index is 10.5. The number of hydrogen-bond donors (Lipinski definition) is 1. The van der Waals surface area contributed by atoms with Crippen LogP contribution in [0.1, 0.15) is 44.6 Å². The lowest BCUT2D eigenvalue weighted by Gasteiger charge is -2.50. The lowest BCUT2D eigenvalue weighted by Crippen LogP contribution is -2.61. The summed E-state index contributed by atoms with van der Waals surface area (Å²) in [5, 5.41) is 10.5. The van der Waals surface area contributed by atoms with Crippen molar-refractivity contribution in [3.63, 3.8) is 0 Å². The maximum Gasteiger partial charge on any atom is 0.0696 e. The predicted octanol–water partition coefficient (Wildman–Crippen LogP) is 2.79. The summed E-state index contributed by atoms with van der Waals surface area (Å²) in [6, 6.07) is 11.0. The molecule has 2 fully saturated rings. The highest BCUT2D eigenvalue weighted by molar-refractivity contribution is 5.21. The average molecular weight is 289 g/mol. The molecule has 116 valence electrons. The molecular formula is C18H27NO2. The molecule has 1 aromatic rings. The van der Waals surface area contributed by atoms with E-state index in [0.717, 1.165) is 39.0 Å². The summed E-state index contributed by atoms with van der Waals surface area (Å²) < 4.78 is 5.63. The number of morpholine rings is 1. The SMILES string of the molecule is CC1(C)COCCN1C1CC(c2ccccc2)CCC1O. The third-order valence-corrected chi connectivity index (χ3v) is 5.16. The number of aliphatic hydroxyl groups excluding tert-OH is 1. The van der Waals surface area contributed by atoms with Crippen LogP contribution in [0, 0.1) is 0 Å². The Morgan fingerprint density at radius 2 is 1.95 bits per heavy atom. The lowest BCUT2D eigenvalue weighted by molar-refractivity contribution is -0.107. The van der Waals surface area contributed by atoms with Crippen molar-refractivity contribution >= 4 is 0 Å². The number of ether oxygens (including phenoxy) is 1. The third kappa shape index (κ3) is 3.15. The first kappa shape index (κ1) is 15.0. The number of rotatable bonds is 2. The van der Waals surface area contributed by atoms with Crippen molar-refractivity contribution in [2.45, 2.75) is 56.7 Å². The first-order valence-electron chi connectivity index (χ1n) is 8.15. The van der Waals surface area contributed by atoms with Crippen LogP contribution in [-0.2, 0) is 4.74 Å². The molecule has 0 bridgehead atoms. The third-order valence-electron chi connectivity index (χ3n) is 5.16. The molecule has 2 aliphatic rings. The van der Waals surface area contributed by atoms with Crippen LogP contribution in [-0.4, -0.2) is 47.4 Å². The highest BCUT2D eigenvalue weighted by Crippen LogP contribution is 2.38.